The van der Waals surface area contributed by atoms with Crippen molar-refractivity contribution < 1.29 is 19.4 Å². The average molecular weight is 307 g/mol. The summed E-state index contributed by atoms with van der Waals surface area (Å²) in [6, 6.07) is 9.19. The molecule has 0 saturated carbocycles. The first-order valence-electron chi connectivity index (χ1n) is 7.62. The van der Waals surface area contributed by atoms with Gasteiger partial charge in [-0.15, -0.1) is 0 Å². The molecular weight excluding hydrogens is 282 g/mol. The molecule has 0 radical (unpaired) electrons. The summed E-state index contributed by atoms with van der Waals surface area (Å²) >= 11 is 0. The van der Waals surface area contributed by atoms with Crippen LogP contribution in [0.4, 0.5) is 0 Å². The molecular formula is C17H25NO4. The molecule has 0 saturated heterocycles. The number of rotatable bonds is 9. The van der Waals surface area contributed by atoms with E-state index in [-0.39, 0.29) is 18.4 Å². The summed E-state index contributed by atoms with van der Waals surface area (Å²) in [7, 11) is 0. The Kier molecular flexibility index (Phi) is 7.60. The zero-order valence-electron chi connectivity index (χ0n) is 13.4. The Morgan fingerprint density at radius 2 is 1.86 bits per heavy atom. The van der Waals surface area contributed by atoms with E-state index >= 15 is 0 Å². The summed E-state index contributed by atoms with van der Waals surface area (Å²) in [6.07, 6.45) is -0.181. The zero-order valence-corrected chi connectivity index (χ0v) is 13.4. The summed E-state index contributed by atoms with van der Waals surface area (Å²) in [5, 5.41) is 11.9. The number of ether oxygens (including phenoxy) is 1. The second-order valence-corrected chi connectivity index (χ2v) is 5.66. The van der Waals surface area contributed by atoms with E-state index in [9.17, 15) is 14.7 Å². The molecule has 0 aliphatic rings. The molecule has 0 aromatic heterocycles. The highest BCUT2D eigenvalue weighted by molar-refractivity contribution is 5.82. The number of nitrogens with one attached hydrogen (secondary N) is 1. The Labute approximate surface area is 131 Å². The third kappa shape index (κ3) is 5.85. The van der Waals surface area contributed by atoms with Crippen molar-refractivity contribution in [2.24, 2.45) is 11.8 Å². The van der Waals surface area contributed by atoms with Gasteiger partial charge in [-0.05, 0) is 24.8 Å². The Morgan fingerprint density at radius 1 is 1.23 bits per heavy atom. The van der Waals surface area contributed by atoms with Gasteiger partial charge >= 0.3 is 5.97 Å². The lowest BCUT2D eigenvalue weighted by Crippen LogP contribution is -2.37. The predicted molar refractivity (Wildman–Crippen MR) is 84.4 cm³/mol. The lowest BCUT2D eigenvalue weighted by molar-refractivity contribution is -0.142. The van der Waals surface area contributed by atoms with Gasteiger partial charge in [0.2, 0.25) is 0 Å². The van der Waals surface area contributed by atoms with Gasteiger partial charge in [-0.1, -0.05) is 44.2 Å². The Bertz CT molecular complexity index is 473. The zero-order chi connectivity index (χ0) is 16.5. The van der Waals surface area contributed by atoms with Crippen LogP contribution in [-0.2, 0) is 14.3 Å². The standard InChI is InChI=1S/C17H25NO4/c1-4-22-15(13-8-6-5-7-9-13)16(19)18-11-14(17(20)21)10-12(2)3/h5-9,12,14-15H,4,10-11H2,1-3H3,(H,18,19)(H,20,21). The molecule has 0 bridgehead atoms. The van der Waals surface area contributed by atoms with Crippen molar-refractivity contribution in [3.05, 3.63) is 35.9 Å². The monoisotopic (exact) mass is 307 g/mol. The van der Waals surface area contributed by atoms with Gasteiger partial charge in [0.05, 0.1) is 5.92 Å². The average Bonchev–Trinajstić information content (AvgIpc) is 2.49. The highest BCUT2D eigenvalue weighted by atomic mass is 16.5. The van der Waals surface area contributed by atoms with E-state index in [1.165, 1.54) is 0 Å². The number of benzene rings is 1. The lowest BCUT2D eigenvalue weighted by Gasteiger charge is -2.20. The SMILES string of the molecule is CCOC(C(=O)NCC(CC(C)C)C(=O)O)c1ccccc1. The van der Waals surface area contributed by atoms with Crippen molar-refractivity contribution in [2.75, 3.05) is 13.2 Å². The molecule has 2 unspecified atom stereocenters. The molecule has 1 aromatic carbocycles. The van der Waals surface area contributed by atoms with Crippen molar-refractivity contribution in [1.82, 2.24) is 5.32 Å². The van der Waals surface area contributed by atoms with Crippen LogP contribution in [0.1, 0.15) is 38.9 Å². The van der Waals surface area contributed by atoms with E-state index in [0.717, 1.165) is 5.56 Å². The minimum absolute atomic E-state index is 0.114. The first kappa shape index (κ1) is 18.2. The summed E-state index contributed by atoms with van der Waals surface area (Å²) < 4.78 is 5.50. The maximum atomic E-state index is 12.3. The van der Waals surface area contributed by atoms with Crippen LogP contribution in [0.15, 0.2) is 30.3 Å². The summed E-state index contributed by atoms with van der Waals surface area (Å²) in [4.78, 5) is 23.5. The van der Waals surface area contributed by atoms with E-state index in [1.807, 2.05) is 51.1 Å². The Morgan fingerprint density at radius 3 is 2.36 bits per heavy atom. The van der Waals surface area contributed by atoms with E-state index in [2.05, 4.69) is 5.32 Å². The normalized spacial score (nSPS) is 13.6. The molecule has 5 nitrogen and oxygen atoms in total. The summed E-state index contributed by atoms with van der Waals surface area (Å²) in [5.74, 6) is -1.51. The summed E-state index contributed by atoms with van der Waals surface area (Å²) in [6.45, 7) is 6.27. The number of carboxylic acids is 1. The molecule has 0 aliphatic heterocycles. The van der Waals surface area contributed by atoms with Crippen LogP contribution in [0.5, 0.6) is 0 Å². The fourth-order valence-electron chi connectivity index (χ4n) is 2.27. The van der Waals surface area contributed by atoms with Gasteiger partial charge < -0.3 is 15.2 Å². The van der Waals surface area contributed by atoms with E-state index in [1.54, 1.807) is 0 Å². The lowest BCUT2D eigenvalue weighted by atomic mass is 9.97. The van der Waals surface area contributed by atoms with Crippen LogP contribution >= 0.6 is 0 Å². The third-order valence-corrected chi connectivity index (χ3v) is 3.30. The number of hydrogen-bond donors (Lipinski definition) is 2. The number of amides is 1. The second-order valence-electron chi connectivity index (χ2n) is 5.66. The van der Waals surface area contributed by atoms with Crippen molar-refractivity contribution >= 4 is 11.9 Å². The van der Waals surface area contributed by atoms with Crippen LogP contribution in [-0.4, -0.2) is 30.1 Å². The Hall–Kier alpha value is -1.88. The van der Waals surface area contributed by atoms with Gasteiger partial charge in [0.1, 0.15) is 0 Å². The number of carbonyl (C=O) groups excluding carboxylic acids is 1. The van der Waals surface area contributed by atoms with Crippen molar-refractivity contribution in [3.8, 4) is 0 Å². The number of carbonyl (C=O) groups is 2. The first-order chi connectivity index (χ1) is 10.5. The Balaban J connectivity index is 2.69. The molecule has 122 valence electrons. The molecule has 5 heteroatoms. The molecule has 0 fully saturated rings. The molecule has 0 spiro atoms. The van der Waals surface area contributed by atoms with Crippen molar-refractivity contribution in [3.63, 3.8) is 0 Å². The minimum atomic E-state index is -0.887. The molecule has 0 heterocycles. The molecule has 22 heavy (non-hydrogen) atoms. The van der Waals surface area contributed by atoms with Gasteiger partial charge in [0.25, 0.3) is 5.91 Å². The van der Waals surface area contributed by atoms with Gasteiger partial charge in [-0.2, -0.15) is 0 Å². The number of hydrogen-bond acceptors (Lipinski definition) is 3. The van der Waals surface area contributed by atoms with Crippen LogP contribution in [0.25, 0.3) is 0 Å². The maximum absolute atomic E-state index is 12.3. The minimum Gasteiger partial charge on any atom is -0.481 e. The maximum Gasteiger partial charge on any atom is 0.308 e. The summed E-state index contributed by atoms with van der Waals surface area (Å²) in [5.41, 5.74) is 0.762. The first-order valence-corrected chi connectivity index (χ1v) is 7.62. The highest BCUT2D eigenvalue weighted by Crippen LogP contribution is 2.18. The van der Waals surface area contributed by atoms with E-state index in [4.69, 9.17) is 4.74 Å². The van der Waals surface area contributed by atoms with Crippen LogP contribution in [0, 0.1) is 11.8 Å². The fourth-order valence-corrected chi connectivity index (χ4v) is 2.27. The predicted octanol–water partition coefficient (Wildman–Crippen LogP) is 2.63. The second kappa shape index (κ2) is 9.20. The largest absolute Gasteiger partial charge is 0.481 e. The molecule has 0 aliphatic carbocycles. The smallest absolute Gasteiger partial charge is 0.308 e. The molecule has 2 atom stereocenters. The van der Waals surface area contributed by atoms with Gasteiger partial charge in [-0.3, -0.25) is 9.59 Å². The highest BCUT2D eigenvalue weighted by Gasteiger charge is 2.24. The van der Waals surface area contributed by atoms with Crippen molar-refractivity contribution in [2.45, 2.75) is 33.3 Å². The quantitative estimate of drug-likeness (QED) is 0.735. The fraction of sp³-hybridized carbons (Fsp3) is 0.529. The van der Waals surface area contributed by atoms with Gasteiger partial charge in [-0.25, -0.2) is 0 Å². The number of aliphatic carboxylic acids is 1. The molecule has 1 aromatic rings. The molecule has 1 rings (SSSR count). The third-order valence-electron chi connectivity index (χ3n) is 3.30. The number of carboxylic acid groups (broad SMARTS) is 1. The molecule has 2 N–H and O–H groups in total. The van der Waals surface area contributed by atoms with Crippen molar-refractivity contribution in [1.29, 1.82) is 0 Å². The topological polar surface area (TPSA) is 75.6 Å². The van der Waals surface area contributed by atoms with Crippen LogP contribution in [0.3, 0.4) is 0 Å². The van der Waals surface area contributed by atoms with E-state index < -0.39 is 18.0 Å². The van der Waals surface area contributed by atoms with Crippen LogP contribution < -0.4 is 5.32 Å². The van der Waals surface area contributed by atoms with E-state index in [0.29, 0.717) is 13.0 Å². The van der Waals surface area contributed by atoms with Gasteiger partial charge in [0, 0.05) is 13.2 Å². The molecule has 1 amide bonds. The van der Waals surface area contributed by atoms with Gasteiger partial charge in [0.15, 0.2) is 6.10 Å². The van der Waals surface area contributed by atoms with Crippen LogP contribution in [0.2, 0.25) is 0 Å².